The highest BCUT2D eigenvalue weighted by molar-refractivity contribution is 7.98. The molecule has 0 fully saturated rings. The van der Waals surface area contributed by atoms with Crippen LogP contribution in [0.25, 0.3) is 0 Å². The minimum atomic E-state index is -0.0827. The van der Waals surface area contributed by atoms with Crippen molar-refractivity contribution < 1.29 is 4.79 Å². The SMILES string of the molecule is CSCCC(C)N(C)C(=O)c1cc(NN)ccn1. The average Bonchev–Trinajstić information content (AvgIpc) is 2.43. The Morgan fingerprint density at radius 3 is 3.00 bits per heavy atom. The molecule has 1 amide bonds. The maximum atomic E-state index is 12.2. The first kappa shape index (κ1) is 14.8. The first-order valence-corrected chi connectivity index (χ1v) is 7.18. The summed E-state index contributed by atoms with van der Waals surface area (Å²) in [7, 11) is 1.80. The van der Waals surface area contributed by atoms with E-state index < -0.39 is 0 Å². The maximum absolute atomic E-state index is 12.2. The minimum absolute atomic E-state index is 0.0827. The maximum Gasteiger partial charge on any atom is 0.272 e. The van der Waals surface area contributed by atoms with Crippen molar-refractivity contribution in [3.63, 3.8) is 0 Å². The molecule has 0 radical (unpaired) electrons. The number of rotatable bonds is 6. The molecule has 100 valence electrons. The van der Waals surface area contributed by atoms with Gasteiger partial charge in [-0.1, -0.05) is 0 Å². The minimum Gasteiger partial charge on any atom is -0.338 e. The van der Waals surface area contributed by atoms with Crippen molar-refractivity contribution in [2.24, 2.45) is 5.84 Å². The smallest absolute Gasteiger partial charge is 0.272 e. The van der Waals surface area contributed by atoms with E-state index in [2.05, 4.69) is 16.7 Å². The lowest BCUT2D eigenvalue weighted by Gasteiger charge is -2.24. The third-order valence-electron chi connectivity index (χ3n) is 2.87. The van der Waals surface area contributed by atoms with E-state index in [1.54, 1.807) is 42.0 Å². The van der Waals surface area contributed by atoms with Crippen LogP contribution in [0.4, 0.5) is 5.69 Å². The number of pyridine rings is 1. The Morgan fingerprint density at radius 2 is 2.39 bits per heavy atom. The van der Waals surface area contributed by atoms with Crippen LogP contribution in [0.3, 0.4) is 0 Å². The van der Waals surface area contributed by atoms with Crippen molar-refractivity contribution in [2.45, 2.75) is 19.4 Å². The second-order valence-corrected chi connectivity index (χ2v) is 5.11. The lowest BCUT2D eigenvalue weighted by atomic mass is 10.2. The van der Waals surface area contributed by atoms with E-state index in [1.807, 2.05) is 6.92 Å². The number of aromatic nitrogens is 1. The highest BCUT2D eigenvalue weighted by Gasteiger charge is 2.18. The summed E-state index contributed by atoms with van der Waals surface area (Å²) in [4.78, 5) is 18.0. The van der Waals surface area contributed by atoms with Gasteiger partial charge in [-0.05, 0) is 37.5 Å². The summed E-state index contributed by atoms with van der Waals surface area (Å²) in [5.41, 5.74) is 3.60. The Labute approximate surface area is 112 Å². The molecule has 1 heterocycles. The summed E-state index contributed by atoms with van der Waals surface area (Å²) in [6.45, 7) is 2.04. The Hall–Kier alpha value is -1.27. The molecule has 18 heavy (non-hydrogen) atoms. The highest BCUT2D eigenvalue weighted by atomic mass is 32.2. The van der Waals surface area contributed by atoms with Crippen LogP contribution in [-0.2, 0) is 0 Å². The van der Waals surface area contributed by atoms with Crippen LogP contribution >= 0.6 is 11.8 Å². The topological polar surface area (TPSA) is 71.2 Å². The molecule has 0 aliphatic rings. The van der Waals surface area contributed by atoms with Crippen LogP contribution in [-0.4, -0.2) is 40.9 Å². The first-order chi connectivity index (χ1) is 8.60. The van der Waals surface area contributed by atoms with Crippen LogP contribution in [0.2, 0.25) is 0 Å². The van der Waals surface area contributed by atoms with E-state index in [0.29, 0.717) is 11.4 Å². The fraction of sp³-hybridized carbons (Fsp3) is 0.500. The molecule has 0 aliphatic heterocycles. The molecular weight excluding hydrogens is 248 g/mol. The molecule has 1 aromatic heterocycles. The van der Waals surface area contributed by atoms with Crippen molar-refractivity contribution in [3.05, 3.63) is 24.0 Å². The van der Waals surface area contributed by atoms with Crippen LogP contribution in [0, 0.1) is 0 Å². The summed E-state index contributed by atoms with van der Waals surface area (Å²) in [5, 5.41) is 0. The molecule has 1 rings (SSSR count). The summed E-state index contributed by atoms with van der Waals surface area (Å²) < 4.78 is 0. The van der Waals surface area contributed by atoms with E-state index in [0.717, 1.165) is 12.2 Å². The van der Waals surface area contributed by atoms with E-state index in [9.17, 15) is 4.79 Å². The number of amides is 1. The number of hydrogen-bond acceptors (Lipinski definition) is 5. The van der Waals surface area contributed by atoms with Gasteiger partial charge in [0.25, 0.3) is 5.91 Å². The van der Waals surface area contributed by atoms with Gasteiger partial charge in [0, 0.05) is 19.3 Å². The molecule has 0 bridgehead atoms. The number of nitrogens with zero attached hydrogens (tertiary/aromatic N) is 2. The third-order valence-corrected chi connectivity index (χ3v) is 3.51. The molecule has 3 N–H and O–H groups in total. The third kappa shape index (κ3) is 3.89. The predicted octanol–water partition coefficient (Wildman–Crippen LogP) is 1.58. The number of nitrogens with two attached hydrogens (primary N) is 1. The van der Waals surface area contributed by atoms with Crippen molar-refractivity contribution >= 4 is 23.4 Å². The summed E-state index contributed by atoms with van der Waals surface area (Å²) in [6, 6.07) is 3.56. The molecule has 6 heteroatoms. The fourth-order valence-electron chi connectivity index (χ4n) is 1.50. The molecule has 1 unspecified atom stereocenters. The van der Waals surface area contributed by atoms with Crippen molar-refractivity contribution in [1.29, 1.82) is 0 Å². The second kappa shape index (κ2) is 7.23. The summed E-state index contributed by atoms with van der Waals surface area (Å²) in [6.07, 6.45) is 4.60. The number of nitrogen functional groups attached to an aromatic ring is 1. The van der Waals surface area contributed by atoms with Gasteiger partial charge in [-0.15, -0.1) is 0 Å². The number of hydrogen-bond donors (Lipinski definition) is 2. The molecule has 1 aromatic rings. The molecule has 1 atom stereocenters. The number of carbonyl (C=O) groups excluding carboxylic acids is 1. The van der Waals surface area contributed by atoms with Crippen molar-refractivity contribution in [3.8, 4) is 0 Å². The molecule has 0 aliphatic carbocycles. The Balaban J connectivity index is 2.72. The lowest BCUT2D eigenvalue weighted by Crippen LogP contribution is -2.36. The fourth-order valence-corrected chi connectivity index (χ4v) is 2.08. The van der Waals surface area contributed by atoms with E-state index >= 15 is 0 Å². The predicted molar refractivity (Wildman–Crippen MR) is 76.6 cm³/mol. The van der Waals surface area contributed by atoms with E-state index in [1.165, 1.54) is 0 Å². The van der Waals surface area contributed by atoms with Gasteiger partial charge in [0.15, 0.2) is 0 Å². The number of carbonyl (C=O) groups is 1. The van der Waals surface area contributed by atoms with Crippen LogP contribution < -0.4 is 11.3 Å². The monoisotopic (exact) mass is 268 g/mol. The second-order valence-electron chi connectivity index (χ2n) is 4.12. The van der Waals surface area contributed by atoms with Gasteiger partial charge >= 0.3 is 0 Å². The van der Waals surface area contributed by atoms with Crippen LogP contribution in [0.5, 0.6) is 0 Å². The van der Waals surface area contributed by atoms with Gasteiger partial charge in [0.05, 0.1) is 5.69 Å². The molecule has 0 saturated carbocycles. The quantitative estimate of drug-likeness (QED) is 0.605. The Bertz CT molecular complexity index is 399. The largest absolute Gasteiger partial charge is 0.338 e. The molecule has 0 spiro atoms. The number of anilines is 1. The molecule has 0 aromatic carbocycles. The zero-order valence-electron chi connectivity index (χ0n) is 11.0. The van der Waals surface area contributed by atoms with E-state index in [4.69, 9.17) is 5.84 Å². The zero-order valence-corrected chi connectivity index (χ0v) is 11.8. The van der Waals surface area contributed by atoms with Gasteiger partial charge in [0.1, 0.15) is 5.69 Å². The molecular formula is C12H20N4OS. The zero-order chi connectivity index (χ0) is 13.5. The van der Waals surface area contributed by atoms with Gasteiger partial charge in [-0.2, -0.15) is 11.8 Å². The number of thioether (sulfide) groups is 1. The van der Waals surface area contributed by atoms with Crippen LogP contribution in [0.1, 0.15) is 23.8 Å². The van der Waals surface area contributed by atoms with Gasteiger partial charge in [-0.25, -0.2) is 0 Å². The Morgan fingerprint density at radius 1 is 1.67 bits per heavy atom. The standard InChI is InChI=1S/C12H20N4OS/c1-9(5-7-18-3)16(2)12(17)11-8-10(15-13)4-6-14-11/h4,6,8-9H,5,7,13H2,1-3H3,(H,14,15). The highest BCUT2D eigenvalue weighted by Crippen LogP contribution is 2.12. The summed E-state index contributed by atoms with van der Waals surface area (Å²) >= 11 is 1.78. The van der Waals surface area contributed by atoms with Gasteiger partial charge in [-0.3, -0.25) is 15.6 Å². The van der Waals surface area contributed by atoms with Gasteiger partial charge in [0.2, 0.25) is 0 Å². The molecule has 5 nitrogen and oxygen atoms in total. The molecule has 0 saturated heterocycles. The van der Waals surface area contributed by atoms with E-state index in [-0.39, 0.29) is 11.9 Å². The van der Waals surface area contributed by atoms with Crippen LogP contribution in [0.15, 0.2) is 18.3 Å². The van der Waals surface area contributed by atoms with Crippen molar-refractivity contribution in [1.82, 2.24) is 9.88 Å². The summed E-state index contributed by atoms with van der Waals surface area (Å²) in [5.74, 6) is 6.27. The number of hydrazine groups is 1. The normalized spacial score (nSPS) is 12.0. The first-order valence-electron chi connectivity index (χ1n) is 5.79. The number of nitrogens with one attached hydrogen (secondary N) is 1. The lowest BCUT2D eigenvalue weighted by molar-refractivity contribution is 0.0735. The van der Waals surface area contributed by atoms with Gasteiger partial charge < -0.3 is 10.3 Å². The van der Waals surface area contributed by atoms with Crippen molar-refractivity contribution in [2.75, 3.05) is 24.5 Å². The average molecular weight is 268 g/mol. The Kier molecular flexibility index (Phi) is 5.94.